The zero-order chi connectivity index (χ0) is 32.2. The van der Waals surface area contributed by atoms with E-state index in [1.54, 1.807) is 18.3 Å². The normalized spacial score (nSPS) is 13.7. The molecule has 44 heavy (non-hydrogen) atoms. The Morgan fingerprint density at radius 3 is 2.14 bits per heavy atom. The molecule has 1 heterocycles. The maximum Gasteiger partial charge on any atom is 0.326 e. The molecule has 0 aliphatic rings. The first-order valence-corrected chi connectivity index (χ1v) is 14.5. The number of hydrogen-bond donors (Lipinski definition) is 10. The molecule has 0 spiro atoms. The van der Waals surface area contributed by atoms with Crippen molar-refractivity contribution in [1.29, 1.82) is 0 Å². The van der Waals surface area contributed by atoms with Crippen molar-refractivity contribution in [2.75, 3.05) is 12.3 Å². The number of carboxylic acids is 1. The quantitative estimate of drug-likeness (QED) is 0.0425. The minimum absolute atomic E-state index is 0.00698. The van der Waals surface area contributed by atoms with E-state index in [0.717, 1.165) is 16.5 Å². The topological polar surface area (TPSA) is 251 Å². The van der Waals surface area contributed by atoms with Crippen LogP contribution >= 0.6 is 12.6 Å². The van der Waals surface area contributed by atoms with E-state index < -0.39 is 47.9 Å². The van der Waals surface area contributed by atoms with Gasteiger partial charge >= 0.3 is 5.97 Å². The number of phenols is 1. The van der Waals surface area contributed by atoms with Gasteiger partial charge in [0.1, 0.15) is 23.9 Å². The summed E-state index contributed by atoms with van der Waals surface area (Å²) in [6, 6.07) is 8.79. The molecule has 236 valence electrons. The monoisotopic (exact) mass is 626 g/mol. The summed E-state index contributed by atoms with van der Waals surface area (Å²) in [4.78, 5) is 58.8. The Bertz CT molecular complexity index is 1470. The highest BCUT2D eigenvalue weighted by atomic mass is 32.1. The molecule has 0 fully saturated rings. The Hall–Kier alpha value is -4.76. The molecule has 0 saturated carbocycles. The van der Waals surface area contributed by atoms with E-state index in [4.69, 9.17) is 17.2 Å². The summed E-state index contributed by atoms with van der Waals surface area (Å²) in [5.74, 6) is -3.42. The highest BCUT2D eigenvalue weighted by Crippen LogP contribution is 2.19. The third-order valence-corrected chi connectivity index (χ3v) is 7.23. The van der Waals surface area contributed by atoms with Gasteiger partial charge in [-0.1, -0.05) is 30.3 Å². The average Bonchev–Trinajstić information content (AvgIpc) is 3.40. The molecule has 1 aromatic heterocycles. The van der Waals surface area contributed by atoms with Gasteiger partial charge in [-0.05, 0) is 42.2 Å². The molecule has 0 saturated heterocycles. The number of carbonyl (C=O) groups excluding carboxylic acids is 3. The highest BCUT2D eigenvalue weighted by molar-refractivity contribution is 7.80. The van der Waals surface area contributed by atoms with Gasteiger partial charge in [-0.15, -0.1) is 0 Å². The van der Waals surface area contributed by atoms with E-state index in [-0.39, 0.29) is 49.7 Å². The lowest BCUT2D eigenvalue weighted by Gasteiger charge is -2.25. The third-order valence-electron chi connectivity index (χ3n) is 6.83. The van der Waals surface area contributed by atoms with Crippen LogP contribution in [0.3, 0.4) is 0 Å². The lowest BCUT2D eigenvalue weighted by atomic mass is 10.0. The Morgan fingerprint density at radius 1 is 0.886 bits per heavy atom. The molecule has 0 bridgehead atoms. The van der Waals surface area contributed by atoms with Gasteiger partial charge in [0.05, 0.1) is 6.04 Å². The number of aromatic amines is 1. The number of carbonyl (C=O) groups is 4. The molecule has 3 aromatic rings. The van der Waals surface area contributed by atoms with Crippen LogP contribution in [0.2, 0.25) is 0 Å². The molecule has 14 nitrogen and oxygen atoms in total. The maximum atomic E-state index is 13.7. The molecular weight excluding hydrogens is 588 g/mol. The van der Waals surface area contributed by atoms with Crippen LogP contribution in [-0.4, -0.2) is 81.3 Å². The second-order valence-corrected chi connectivity index (χ2v) is 10.6. The number of H-pyrrole nitrogens is 1. The number of aromatic nitrogens is 1. The molecule has 0 aliphatic carbocycles. The number of fused-ring (bicyclic) bond motifs is 1. The Morgan fingerprint density at radius 2 is 1.50 bits per heavy atom. The number of guanidine groups is 1. The van der Waals surface area contributed by atoms with Crippen LogP contribution in [0.5, 0.6) is 5.75 Å². The van der Waals surface area contributed by atoms with Crippen molar-refractivity contribution >= 4 is 53.2 Å². The number of carboxylic acid groups (broad SMARTS) is 1. The number of thiol groups is 1. The Kier molecular flexibility index (Phi) is 12.4. The third kappa shape index (κ3) is 9.91. The van der Waals surface area contributed by atoms with Gasteiger partial charge in [-0.3, -0.25) is 19.4 Å². The number of amides is 3. The summed E-state index contributed by atoms with van der Waals surface area (Å²) in [5, 5.41) is 28.1. The predicted molar refractivity (Wildman–Crippen MR) is 169 cm³/mol. The van der Waals surface area contributed by atoms with Gasteiger partial charge in [0, 0.05) is 42.2 Å². The number of phenolic OH excluding ortho intramolecular Hbond substituents is 1. The average molecular weight is 627 g/mol. The second kappa shape index (κ2) is 16.2. The minimum atomic E-state index is -1.29. The summed E-state index contributed by atoms with van der Waals surface area (Å²) in [5.41, 5.74) is 18.6. The first-order chi connectivity index (χ1) is 21.0. The van der Waals surface area contributed by atoms with Crippen molar-refractivity contribution in [3.8, 4) is 5.75 Å². The van der Waals surface area contributed by atoms with Gasteiger partial charge in [0.15, 0.2) is 5.96 Å². The van der Waals surface area contributed by atoms with Crippen molar-refractivity contribution in [2.24, 2.45) is 22.2 Å². The van der Waals surface area contributed by atoms with Gasteiger partial charge in [-0.2, -0.15) is 12.6 Å². The highest BCUT2D eigenvalue weighted by Gasteiger charge is 2.31. The van der Waals surface area contributed by atoms with Crippen molar-refractivity contribution in [1.82, 2.24) is 20.9 Å². The van der Waals surface area contributed by atoms with Crippen LogP contribution in [0.15, 0.2) is 59.7 Å². The number of benzene rings is 2. The summed E-state index contributed by atoms with van der Waals surface area (Å²) in [6.45, 7) is 0.166. The first-order valence-electron chi connectivity index (χ1n) is 13.9. The van der Waals surface area contributed by atoms with Crippen molar-refractivity contribution in [3.05, 3.63) is 65.9 Å². The molecule has 4 unspecified atom stereocenters. The maximum absolute atomic E-state index is 13.7. The minimum Gasteiger partial charge on any atom is -0.508 e. The summed E-state index contributed by atoms with van der Waals surface area (Å²) >= 11 is 4.07. The number of nitrogens with zero attached hydrogens (tertiary/aromatic N) is 1. The first kappa shape index (κ1) is 33.7. The number of para-hydroxylation sites is 1. The van der Waals surface area contributed by atoms with E-state index in [1.165, 1.54) is 12.1 Å². The SMILES string of the molecule is NC(N)=NCCCC(NC(=O)C(Cc1ccc(O)cc1)NC(=O)C(Cc1c[nH]c2ccccc12)NC(=O)C(N)CS)C(=O)O. The van der Waals surface area contributed by atoms with Crippen LogP contribution < -0.4 is 33.2 Å². The fraction of sp³-hybridized carbons (Fsp3) is 0.345. The number of aliphatic carboxylic acids is 1. The van der Waals surface area contributed by atoms with Crippen molar-refractivity contribution in [2.45, 2.75) is 49.9 Å². The number of aromatic hydroxyl groups is 1. The number of nitrogens with two attached hydrogens (primary N) is 3. The van der Waals surface area contributed by atoms with Gasteiger partial charge in [-0.25, -0.2) is 4.79 Å². The van der Waals surface area contributed by atoms with Crippen LogP contribution in [0.4, 0.5) is 0 Å². The summed E-state index contributed by atoms with van der Waals surface area (Å²) < 4.78 is 0. The fourth-order valence-electron chi connectivity index (χ4n) is 4.47. The summed E-state index contributed by atoms with van der Waals surface area (Å²) in [6.07, 6.45) is 2.06. The van der Waals surface area contributed by atoms with Crippen LogP contribution in [-0.2, 0) is 32.0 Å². The van der Waals surface area contributed by atoms with Crippen LogP contribution in [0, 0.1) is 0 Å². The van der Waals surface area contributed by atoms with E-state index >= 15 is 0 Å². The molecule has 12 N–H and O–H groups in total. The zero-order valence-corrected chi connectivity index (χ0v) is 24.8. The second-order valence-electron chi connectivity index (χ2n) is 10.2. The number of nitrogens with one attached hydrogen (secondary N) is 4. The van der Waals surface area contributed by atoms with Gasteiger partial charge < -0.3 is 48.3 Å². The largest absolute Gasteiger partial charge is 0.508 e. The molecule has 2 aromatic carbocycles. The number of rotatable bonds is 16. The Labute approximate surface area is 259 Å². The van der Waals surface area contributed by atoms with Crippen LogP contribution in [0.25, 0.3) is 10.9 Å². The molecule has 0 aliphatic heterocycles. The van der Waals surface area contributed by atoms with E-state index in [0.29, 0.717) is 5.56 Å². The van der Waals surface area contributed by atoms with Gasteiger partial charge in [0.2, 0.25) is 17.7 Å². The molecular formula is C29H38N8O6S. The molecule has 3 amide bonds. The summed E-state index contributed by atoms with van der Waals surface area (Å²) in [7, 11) is 0. The lowest BCUT2D eigenvalue weighted by Crippen LogP contribution is -2.58. The van der Waals surface area contributed by atoms with Crippen molar-refractivity contribution in [3.63, 3.8) is 0 Å². The van der Waals surface area contributed by atoms with Crippen molar-refractivity contribution < 1.29 is 29.4 Å². The molecule has 0 radical (unpaired) electrons. The number of hydrogen-bond acceptors (Lipinski definition) is 8. The van der Waals surface area contributed by atoms with Crippen LogP contribution in [0.1, 0.15) is 24.0 Å². The standard InChI is InChI=1S/C29H38N8O6S/c30-20(15-44)25(39)36-24(13-17-14-34-21-5-2-1-4-19(17)21)27(41)37-23(12-16-7-9-18(38)10-8-16)26(40)35-22(28(42)43)6-3-11-33-29(31)32/h1-2,4-5,7-10,14,20,22-24,34,38,44H,3,6,11-13,15,30H2,(H,35,40)(H,36,39)(H,37,41)(H,42,43)(H4,31,32,33). The van der Waals surface area contributed by atoms with Gasteiger partial charge in [0.25, 0.3) is 0 Å². The predicted octanol–water partition coefficient (Wildman–Crippen LogP) is -0.492. The van der Waals surface area contributed by atoms with E-state index in [2.05, 4.69) is 38.6 Å². The van der Waals surface area contributed by atoms with E-state index in [9.17, 15) is 29.4 Å². The fourth-order valence-corrected chi connectivity index (χ4v) is 4.64. The molecule has 15 heteroatoms. The smallest absolute Gasteiger partial charge is 0.326 e. The number of aliphatic imine (C=N–C) groups is 1. The van der Waals surface area contributed by atoms with E-state index in [1.807, 2.05) is 24.3 Å². The molecule has 3 rings (SSSR count). The zero-order valence-electron chi connectivity index (χ0n) is 23.9. The molecule has 4 atom stereocenters. The lowest BCUT2D eigenvalue weighted by molar-refractivity contribution is -0.142. The Balaban J connectivity index is 1.86.